The molecule has 1 aromatic rings. The smallest absolute Gasteiger partial charge is 0.0501 e. The van der Waals surface area contributed by atoms with Gasteiger partial charge in [0.1, 0.15) is 0 Å². The molecule has 0 aliphatic rings. The molecule has 0 bridgehead atoms. The molecule has 40 valence electrons. The molecule has 0 amide bonds. The van der Waals surface area contributed by atoms with Crippen molar-refractivity contribution in [2.75, 3.05) is 0 Å². The minimum absolute atomic E-state index is 1.57. The molecule has 0 radical (unpaired) electrons. The SMILES string of the molecule is CC#Cn1cccn1. The summed E-state index contributed by atoms with van der Waals surface area (Å²) in [7, 11) is 0. The van der Waals surface area contributed by atoms with Crippen molar-refractivity contribution in [2.24, 2.45) is 0 Å². The maximum atomic E-state index is 3.85. The highest BCUT2D eigenvalue weighted by Gasteiger charge is 1.75. The van der Waals surface area contributed by atoms with Crippen molar-refractivity contribution in [3.05, 3.63) is 18.5 Å². The number of hydrogen-bond acceptors (Lipinski definition) is 1. The summed E-state index contributed by atoms with van der Waals surface area (Å²) in [4.78, 5) is 0. The Hall–Kier alpha value is -1.23. The van der Waals surface area contributed by atoms with E-state index in [-0.39, 0.29) is 0 Å². The molecule has 0 aliphatic heterocycles. The second-order valence-electron chi connectivity index (χ2n) is 1.31. The Kier molecular flexibility index (Phi) is 1.34. The molecule has 0 saturated carbocycles. The normalized spacial score (nSPS) is 7.62. The van der Waals surface area contributed by atoms with E-state index in [4.69, 9.17) is 0 Å². The van der Waals surface area contributed by atoms with Gasteiger partial charge < -0.3 is 0 Å². The van der Waals surface area contributed by atoms with Crippen LogP contribution in [0.2, 0.25) is 0 Å². The molecular weight excluding hydrogens is 100 g/mol. The van der Waals surface area contributed by atoms with Crippen LogP contribution in [0.5, 0.6) is 0 Å². The Morgan fingerprint density at radius 3 is 3.00 bits per heavy atom. The largest absolute Gasteiger partial charge is 0.197 e. The first kappa shape index (κ1) is 4.92. The van der Waals surface area contributed by atoms with Crippen molar-refractivity contribution < 1.29 is 0 Å². The third-order valence-corrected chi connectivity index (χ3v) is 0.731. The van der Waals surface area contributed by atoms with E-state index in [0.29, 0.717) is 0 Å². The summed E-state index contributed by atoms with van der Waals surface area (Å²) in [6, 6.07) is 4.58. The van der Waals surface area contributed by atoms with Crippen molar-refractivity contribution in [1.82, 2.24) is 9.78 Å². The van der Waals surface area contributed by atoms with Gasteiger partial charge in [0.25, 0.3) is 0 Å². The van der Waals surface area contributed by atoms with Gasteiger partial charge in [-0.25, -0.2) is 0 Å². The molecule has 0 aromatic carbocycles. The first-order valence-electron chi connectivity index (χ1n) is 2.36. The topological polar surface area (TPSA) is 17.8 Å². The zero-order valence-corrected chi connectivity index (χ0v) is 4.63. The van der Waals surface area contributed by atoms with Gasteiger partial charge in [-0.05, 0) is 13.0 Å². The van der Waals surface area contributed by atoms with Crippen LogP contribution in [-0.4, -0.2) is 9.78 Å². The minimum atomic E-state index is 1.57. The Labute approximate surface area is 48.1 Å². The zero-order valence-electron chi connectivity index (χ0n) is 4.63. The van der Waals surface area contributed by atoms with Crippen molar-refractivity contribution in [1.29, 1.82) is 0 Å². The number of nitrogens with zero attached hydrogens (tertiary/aromatic N) is 2. The van der Waals surface area contributed by atoms with Crippen LogP contribution in [0.4, 0.5) is 0 Å². The average molecular weight is 106 g/mol. The van der Waals surface area contributed by atoms with E-state index >= 15 is 0 Å². The fourth-order valence-corrected chi connectivity index (χ4v) is 0.450. The fourth-order valence-electron chi connectivity index (χ4n) is 0.450. The number of aromatic nitrogens is 2. The zero-order chi connectivity index (χ0) is 5.82. The molecule has 1 rings (SSSR count). The maximum absolute atomic E-state index is 3.85. The standard InChI is InChI=1S/C6H6N2/c1-2-5-8-6-3-4-7-8/h3-4,6H,1H3. The summed E-state index contributed by atoms with van der Waals surface area (Å²) < 4.78 is 1.57. The van der Waals surface area contributed by atoms with Crippen LogP contribution < -0.4 is 0 Å². The van der Waals surface area contributed by atoms with Crippen LogP contribution in [-0.2, 0) is 0 Å². The van der Waals surface area contributed by atoms with Crippen LogP contribution in [0.15, 0.2) is 18.5 Å². The second-order valence-corrected chi connectivity index (χ2v) is 1.31. The monoisotopic (exact) mass is 106 g/mol. The van der Waals surface area contributed by atoms with Crippen LogP contribution in [0.25, 0.3) is 0 Å². The lowest BCUT2D eigenvalue weighted by molar-refractivity contribution is 0.916. The van der Waals surface area contributed by atoms with Crippen molar-refractivity contribution in [3.8, 4) is 12.0 Å². The molecule has 1 heterocycles. The van der Waals surface area contributed by atoms with E-state index in [1.807, 2.05) is 6.07 Å². The Bertz CT molecular complexity index is 200. The van der Waals surface area contributed by atoms with Crippen LogP contribution in [0.1, 0.15) is 6.92 Å². The van der Waals surface area contributed by atoms with Gasteiger partial charge in [0.15, 0.2) is 0 Å². The van der Waals surface area contributed by atoms with E-state index < -0.39 is 0 Å². The Morgan fingerprint density at radius 2 is 2.50 bits per heavy atom. The van der Waals surface area contributed by atoms with E-state index in [1.54, 1.807) is 24.0 Å². The fraction of sp³-hybridized carbons (Fsp3) is 0.167. The predicted octanol–water partition coefficient (Wildman–Crippen LogP) is 0.712. The summed E-state index contributed by atoms with van der Waals surface area (Å²) >= 11 is 0. The van der Waals surface area contributed by atoms with Gasteiger partial charge in [-0.15, -0.1) is 0 Å². The molecule has 0 atom stereocenters. The molecule has 0 unspecified atom stereocenters. The molecule has 0 fully saturated rings. The Morgan fingerprint density at radius 1 is 1.62 bits per heavy atom. The van der Waals surface area contributed by atoms with Crippen LogP contribution in [0, 0.1) is 12.0 Å². The molecule has 0 N–H and O–H groups in total. The lowest BCUT2D eigenvalue weighted by Crippen LogP contribution is -1.85. The molecular formula is C6H6N2. The predicted molar refractivity (Wildman–Crippen MR) is 31.1 cm³/mol. The molecule has 0 aliphatic carbocycles. The first-order valence-corrected chi connectivity index (χ1v) is 2.36. The number of rotatable bonds is 0. The van der Waals surface area contributed by atoms with Crippen molar-refractivity contribution in [2.45, 2.75) is 6.92 Å². The summed E-state index contributed by atoms with van der Waals surface area (Å²) in [5.74, 6) is 2.72. The van der Waals surface area contributed by atoms with Gasteiger partial charge in [0.2, 0.25) is 0 Å². The summed E-state index contributed by atoms with van der Waals surface area (Å²) in [5, 5.41) is 3.85. The maximum Gasteiger partial charge on any atom is 0.0501 e. The van der Waals surface area contributed by atoms with Gasteiger partial charge in [-0.2, -0.15) is 9.78 Å². The van der Waals surface area contributed by atoms with Crippen molar-refractivity contribution in [3.63, 3.8) is 0 Å². The highest BCUT2D eigenvalue weighted by molar-refractivity contribution is 4.98. The molecule has 0 saturated heterocycles. The van der Waals surface area contributed by atoms with Gasteiger partial charge in [-0.1, -0.05) is 5.92 Å². The van der Waals surface area contributed by atoms with Crippen LogP contribution >= 0.6 is 0 Å². The van der Waals surface area contributed by atoms with E-state index in [9.17, 15) is 0 Å². The third kappa shape index (κ3) is 0.881. The van der Waals surface area contributed by atoms with Gasteiger partial charge in [0, 0.05) is 12.2 Å². The first-order chi connectivity index (χ1) is 3.93. The van der Waals surface area contributed by atoms with Gasteiger partial charge in [0.05, 0.1) is 6.20 Å². The van der Waals surface area contributed by atoms with Gasteiger partial charge >= 0.3 is 0 Å². The molecule has 2 nitrogen and oxygen atoms in total. The second kappa shape index (κ2) is 2.17. The molecule has 0 spiro atoms. The number of hydrogen-bond donors (Lipinski definition) is 0. The van der Waals surface area contributed by atoms with E-state index in [0.717, 1.165) is 0 Å². The lowest BCUT2D eigenvalue weighted by atomic mass is 10.7. The van der Waals surface area contributed by atoms with Crippen LogP contribution in [0.3, 0.4) is 0 Å². The summed E-state index contributed by atoms with van der Waals surface area (Å²) in [5.41, 5.74) is 0. The molecule has 1 aromatic heterocycles. The molecule has 8 heavy (non-hydrogen) atoms. The van der Waals surface area contributed by atoms with E-state index in [1.165, 1.54) is 0 Å². The summed E-state index contributed by atoms with van der Waals surface area (Å²) in [6.45, 7) is 1.78. The Balaban J connectivity index is 2.88. The highest BCUT2D eigenvalue weighted by atomic mass is 15.2. The summed E-state index contributed by atoms with van der Waals surface area (Å²) in [6.07, 6.45) is 3.50. The quantitative estimate of drug-likeness (QED) is 0.445. The van der Waals surface area contributed by atoms with Gasteiger partial charge in [-0.3, -0.25) is 0 Å². The average Bonchev–Trinajstić information content (AvgIpc) is 2.19. The molecule has 2 heteroatoms. The van der Waals surface area contributed by atoms with E-state index in [2.05, 4.69) is 17.1 Å². The highest BCUT2D eigenvalue weighted by Crippen LogP contribution is 1.76. The minimum Gasteiger partial charge on any atom is -0.197 e. The van der Waals surface area contributed by atoms with Crippen molar-refractivity contribution >= 4 is 0 Å². The third-order valence-electron chi connectivity index (χ3n) is 0.731. The lowest BCUT2D eigenvalue weighted by Gasteiger charge is -1.78.